The van der Waals surface area contributed by atoms with Crippen LogP contribution in [0.3, 0.4) is 0 Å². The van der Waals surface area contributed by atoms with Gasteiger partial charge in [-0.15, -0.1) is 0 Å². The Morgan fingerprint density at radius 3 is 2.35 bits per heavy atom. The number of ether oxygens (including phenoxy) is 1. The number of hydrogen-bond acceptors (Lipinski definition) is 2. The highest BCUT2D eigenvalue weighted by atomic mass is 16.5. The van der Waals surface area contributed by atoms with E-state index in [-0.39, 0.29) is 12.1 Å². The number of rotatable bonds is 10. The quantitative estimate of drug-likeness (QED) is 0.626. The first kappa shape index (κ1) is 17.2. The molecular formula is C18H31NO. The van der Waals surface area contributed by atoms with Crippen molar-refractivity contribution in [2.75, 3.05) is 6.61 Å². The molecule has 0 aliphatic heterocycles. The van der Waals surface area contributed by atoms with Crippen LogP contribution >= 0.6 is 0 Å². The summed E-state index contributed by atoms with van der Waals surface area (Å²) in [5, 5.41) is 0. The lowest BCUT2D eigenvalue weighted by atomic mass is 9.99. The van der Waals surface area contributed by atoms with E-state index >= 15 is 0 Å². The topological polar surface area (TPSA) is 35.2 Å². The third-order valence-corrected chi connectivity index (χ3v) is 3.77. The van der Waals surface area contributed by atoms with Crippen LogP contribution in [0.1, 0.15) is 69.6 Å². The molecule has 20 heavy (non-hydrogen) atoms. The second kappa shape index (κ2) is 9.95. The van der Waals surface area contributed by atoms with Crippen molar-refractivity contribution in [1.29, 1.82) is 0 Å². The van der Waals surface area contributed by atoms with Gasteiger partial charge in [-0.1, -0.05) is 63.3 Å². The molecule has 2 unspecified atom stereocenters. The van der Waals surface area contributed by atoms with Gasteiger partial charge in [0, 0.05) is 12.6 Å². The third-order valence-electron chi connectivity index (χ3n) is 3.77. The Morgan fingerprint density at radius 1 is 1.05 bits per heavy atom. The van der Waals surface area contributed by atoms with E-state index in [9.17, 15) is 0 Å². The fourth-order valence-corrected chi connectivity index (χ4v) is 2.52. The van der Waals surface area contributed by atoms with Crippen molar-refractivity contribution in [1.82, 2.24) is 0 Å². The van der Waals surface area contributed by atoms with E-state index in [2.05, 4.69) is 38.1 Å². The molecule has 1 aromatic carbocycles. The normalized spacial score (nSPS) is 14.2. The van der Waals surface area contributed by atoms with Crippen LogP contribution in [-0.2, 0) is 4.74 Å². The summed E-state index contributed by atoms with van der Waals surface area (Å²) >= 11 is 0. The number of unbranched alkanes of at least 4 members (excludes halogenated alkanes) is 5. The van der Waals surface area contributed by atoms with Crippen LogP contribution in [-0.4, -0.2) is 12.6 Å². The zero-order valence-corrected chi connectivity index (χ0v) is 13.4. The van der Waals surface area contributed by atoms with E-state index in [1.807, 2.05) is 6.92 Å². The summed E-state index contributed by atoms with van der Waals surface area (Å²) in [5.74, 6) is 0. The zero-order valence-electron chi connectivity index (χ0n) is 13.4. The molecule has 114 valence electrons. The Bertz CT molecular complexity index is 362. The Labute approximate surface area is 124 Å². The van der Waals surface area contributed by atoms with Crippen molar-refractivity contribution in [2.45, 2.75) is 71.4 Å². The third kappa shape index (κ3) is 6.06. The summed E-state index contributed by atoms with van der Waals surface area (Å²) in [5.41, 5.74) is 8.58. The number of nitrogens with two attached hydrogens (primary N) is 1. The van der Waals surface area contributed by atoms with Crippen LogP contribution < -0.4 is 5.73 Å². The summed E-state index contributed by atoms with van der Waals surface area (Å²) in [6.45, 7) is 7.21. The van der Waals surface area contributed by atoms with Crippen molar-refractivity contribution < 1.29 is 4.74 Å². The lowest BCUT2D eigenvalue weighted by Gasteiger charge is -2.23. The van der Waals surface area contributed by atoms with E-state index in [1.54, 1.807) is 0 Å². The monoisotopic (exact) mass is 277 g/mol. The Morgan fingerprint density at radius 2 is 1.70 bits per heavy atom. The van der Waals surface area contributed by atoms with Gasteiger partial charge in [0.05, 0.1) is 6.10 Å². The fraction of sp³-hybridized carbons (Fsp3) is 0.667. The second-order valence-electron chi connectivity index (χ2n) is 5.77. The van der Waals surface area contributed by atoms with Crippen molar-refractivity contribution in [3.05, 3.63) is 35.4 Å². The number of aryl methyl sites for hydroxylation is 1. The van der Waals surface area contributed by atoms with E-state index < -0.39 is 0 Å². The molecular weight excluding hydrogens is 246 g/mol. The number of benzene rings is 1. The molecule has 2 heteroatoms. The van der Waals surface area contributed by atoms with Crippen molar-refractivity contribution in [3.8, 4) is 0 Å². The fourth-order valence-electron chi connectivity index (χ4n) is 2.52. The summed E-state index contributed by atoms with van der Waals surface area (Å²) < 4.78 is 6.05. The molecule has 2 N–H and O–H groups in total. The average Bonchev–Trinajstić information content (AvgIpc) is 2.43. The maximum Gasteiger partial charge on any atom is 0.0975 e. The molecule has 0 bridgehead atoms. The van der Waals surface area contributed by atoms with Crippen molar-refractivity contribution in [3.63, 3.8) is 0 Å². The molecule has 1 aromatic rings. The van der Waals surface area contributed by atoms with Crippen molar-refractivity contribution >= 4 is 0 Å². The Hall–Kier alpha value is -0.860. The largest absolute Gasteiger partial charge is 0.372 e. The molecule has 0 radical (unpaired) electrons. The van der Waals surface area contributed by atoms with Gasteiger partial charge in [0.15, 0.2) is 0 Å². The van der Waals surface area contributed by atoms with Gasteiger partial charge in [-0.2, -0.15) is 0 Å². The molecule has 0 aliphatic rings. The first-order valence-electron chi connectivity index (χ1n) is 8.09. The highest BCUT2D eigenvalue weighted by molar-refractivity contribution is 5.28. The van der Waals surface area contributed by atoms with Gasteiger partial charge >= 0.3 is 0 Å². The molecule has 0 fully saturated rings. The van der Waals surface area contributed by atoms with Crippen LogP contribution in [0.2, 0.25) is 0 Å². The maximum absolute atomic E-state index is 6.09. The number of hydrogen-bond donors (Lipinski definition) is 1. The smallest absolute Gasteiger partial charge is 0.0975 e. The minimum absolute atomic E-state index is 0.0202. The van der Waals surface area contributed by atoms with Crippen molar-refractivity contribution in [2.24, 2.45) is 5.73 Å². The first-order valence-corrected chi connectivity index (χ1v) is 8.09. The zero-order chi connectivity index (χ0) is 14.8. The Balaban J connectivity index is 2.36. The van der Waals surface area contributed by atoms with E-state index in [4.69, 9.17) is 10.5 Å². The van der Waals surface area contributed by atoms with Gasteiger partial charge in [-0.3, -0.25) is 0 Å². The van der Waals surface area contributed by atoms with Crippen LogP contribution in [0.25, 0.3) is 0 Å². The predicted molar refractivity (Wildman–Crippen MR) is 86.9 cm³/mol. The average molecular weight is 277 g/mol. The molecule has 0 amide bonds. The molecule has 0 aromatic heterocycles. The van der Waals surface area contributed by atoms with E-state index in [0.29, 0.717) is 0 Å². The lowest BCUT2D eigenvalue weighted by molar-refractivity contribution is 0.0354. The van der Waals surface area contributed by atoms with Gasteiger partial charge in [0.25, 0.3) is 0 Å². The molecule has 2 nitrogen and oxygen atoms in total. The molecule has 0 spiro atoms. The molecule has 1 rings (SSSR count). The highest BCUT2D eigenvalue weighted by Gasteiger charge is 2.18. The van der Waals surface area contributed by atoms with Crippen LogP contribution in [0.15, 0.2) is 24.3 Å². The van der Waals surface area contributed by atoms with Gasteiger partial charge in [0.1, 0.15) is 0 Å². The summed E-state index contributed by atoms with van der Waals surface area (Å²) in [6.07, 6.45) is 7.75. The summed E-state index contributed by atoms with van der Waals surface area (Å²) in [6, 6.07) is 8.40. The minimum Gasteiger partial charge on any atom is -0.372 e. The van der Waals surface area contributed by atoms with Gasteiger partial charge in [0.2, 0.25) is 0 Å². The van der Waals surface area contributed by atoms with Gasteiger partial charge in [-0.25, -0.2) is 0 Å². The molecule has 0 saturated heterocycles. The van der Waals surface area contributed by atoms with Crippen LogP contribution in [0.5, 0.6) is 0 Å². The minimum atomic E-state index is 0.0202. The van der Waals surface area contributed by atoms with Gasteiger partial charge in [-0.05, 0) is 31.4 Å². The summed E-state index contributed by atoms with van der Waals surface area (Å²) in [4.78, 5) is 0. The summed E-state index contributed by atoms with van der Waals surface area (Å²) in [7, 11) is 0. The predicted octanol–water partition coefficient (Wildman–Crippen LogP) is 4.76. The maximum atomic E-state index is 6.09. The first-order chi connectivity index (χ1) is 9.66. The Kier molecular flexibility index (Phi) is 8.56. The molecule has 0 aliphatic carbocycles. The van der Waals surface area contributed by atoms with E-state index in [0.717, 1.165) is 13.0 Å². The molecule has 2 atom stereocenters. The van der Waals surface area contributed by atoms with E-state index in [1.165, 1.54) is 43.2 Å². The van der Waals surface area contributed by atoms with Crippen LogP contribution in [0.4, 0.5) is 0 Å². The lowest BCUT2D eigenvalue weighted by Crippen LogP contribution is -2.27. The van der Waals surface area contributed by atoms with Gasteiger partial charge < -0.3 is 10.5 Å². The highest BCUT2D eigenvalue weighted by Crippen LogP contribution is 2.24. The van der Waals surface area contributed by atoms with Crippen LogP contribution in [0, 0.1) is 6.92 Å². The SMILES string of the molecule is CCCCCCCCOC(c1ccccc1C)C(C)N. The molecule has 0 heterocycles. The standard InChI is InChI=1S/C18H31NO/c1-4-5-6-7-8-11-14-20-18(16(3)19)17-13-10-9-12-15(17)2/h9-10,12-13,16,18H,4-8,11,14,19H2,1-3H3. The second-order valence-corrected chi connectivity index (χ2v) is 5.77. The molecule has 0 saturated carbocycles.